The highest BCUT2D eigenvalue weighted by molar-refractivity contribution is 5.86. The van der Waals surface area contributed by atoms with E-state index in [2.05, 4.69) is 48.6 Å². The molecule has 2 amide bonds. The second-order valence-electron chi connectivity index (χ2n) is 9.34. The van der Waals surface area contributed by atoms with Gasteiger partial charge in [-0.05, 0) is 70.8 Å². The normalized spacial score (nSPS) is 11.5. The molecule has 0 saturated carbocycles. The molecule has 0 fully saturated rings. The van der Waals surface area contributed by atoms with E-state index in [1.807, 2.05) is 57.2 Å². The van der Waals surface area contributed by atoms with Crippen molar-refractivity contribution >= 4 is 17.7 Å². The summed E-state index contributed by atoms with van der Waals surface area (Å²) in [5.41, 5.74) is 3.33. The van der Waals surface area contributed by atoms with Crippen molar-refractivity contribution in [3.05, 3.63) is 65.2 Å². The summed E-state index contributed by atoms with van der Waals surface area (Å²) in [6.45, 7) is 11.1. The second-order valence-corrected chi connectivity index (χ2v) is 9.34. The Morgan fingerprint density at radius 3 is 2.19 bits per heavy atom. The monoisotopic (exact) mass is 439 g/mol. The number of amides is 2. The molecule has 0 radical (unpaired) electrons. The number of aryl methyl sites for hydroxylation is 1. The highest BCUT2D eigenvalue weighted by Crippen LogP contribution is 2.19. The Hall–Kier alpha value is -2.86. The largest absolute Gasteiger partial charge is 0.444 e. The molecule has 6 nitrogen and oxygen atoms in total. The van der Waals surface area contributed by atoms with Crippen LogP contribution < -0.4 is 10.6 Å². The van der Waals surface area contributed by atoms with Crippen LogP contribution in [0.15, 0.2) is 48.5 Å². The van der Waals surface area contributed by atoms with Crippen molar-refractivity contribution in [2.45, 2.75) is 72.2 Å². The maximum absolute atomic E-state index is 12.5. The molecule has 32 heavy (non-hydrogen) atoms. The SMILES string of the molecule is CC(C)N(C)Cc1ccccc1CNC(=O)CCc1ccccc1NC(=O)OC(C)(C)C. The fraction of sp³-hybridized carbons (Fsp3) is 0.462. The summed E-state index contributed by atoms with van der Waals surface area (Å²) in [5.74, 6) is -0.0240. The van der Waals surface area contributed by atoms with Crippen LogP contribution in [0.2, 0.25) is 0 Å². The van der Waals surface area contributed by atoms with Crippen molar-refractivity contribution < 1.29 is 14.3 Å². The molecule has 0 spiro atoms. The van der Waals surface area contributed by atoms with Crippen LogP contribution in [-0.4, -0.2) is 35.6 Å². The Bertz CT molecular complexity index is 903. The van der Waals surface area contributed by atoms with E-state index in [1.165, 1.54) is 5.56 Å². The van der Waals surface area contributed by atoms with Gasteiger partial charge in [-0.2, -0.15) is 0 Å². The van der Waals surface area contributed by atoms with E-state index in [0.717, 1.165) is 17.7 Å². The van der Waals surface area contributed by atoms with Gasteiger partial charge in [-0.15, -0.1) is 0 Å². The molecule has 0 heterocycles. The van der Waals surface area contributed by atoms with Gasteiger partial charge in [0.2, 0.25) is 5.91 Å². The quantitative estimate of drug-likeness (QED) is 0.569. The van der Waals surface area contributed by atoms with Gasteiger partial charge in [-0.25, -0.2) is 4.79 Å². The standard InChI is InChI=1S/C26H37N3O3/c1-19(2)29(6)18-22-13-8-7-12-21(22)17-27-24(30)16-15-20-11-9-10-14-23(20)28-25(31)32-26(3,4)5/h7-14,19H,15-18H2,1-6H3,(H,27,30)(H,28,31). The zero-order valence-corrected chi connectivity index (χ0v) is 20.2. The van der Waals surface area contributed by atoms with Crippen LogP contribution in [0.4, 0.5) is 10.5 Å². The molecular weight excluding hydrogens is 402 g/mol. The number of para-hydroxylation sites is 1. The number of nitrogens with one attached hydrogen (secondary N) is 2. The lowest BCUT2D eigenvalue weighted by atomic mass is 10.1. The first-order valence-corrected chi connectivity index (χ1v) is 11.2. The first-order chi connectivity index (χ1) is 15.0. The van der Waals surface area contributed by atoms with Crippen molar-refractivity contribution in [2.75, 3.05) is 12.4 Å². The van der Waals surface area contributed by atoms with Gasteiger partial charge in [-0.3, -0.25) is 15.0 Å². The van der Waals surface area contributed by atoms with Crippen LogP contribution in [0.1, 0.15) is 57.7 Å². The zero-order valence-electron chi connectivity index (χ0n) is 20.2. The Balaban J connectivity index is 1.92. The number of anilines is 1. The fourth-order valence-electron chi connectivity index (χ4n) is 3.14. The molecule has 0 aromatic heterocycles. The lowest BCUT2D eigenvalue weighted by Gasteiger charge is -2.22. The summed E-state index contributed by atoms with van der Waals surface area (Å²) in [6, 6.07) is 16.1. The van der Waals surface area contributed by atoms with Crippen molar-refractivity contribution in [1.82, 2.24) is 10.2 Å². The Morgan fingerprint density at radius 2 is 1.56 bits per heavy atom. The van der Waals surface area contributed by atoms with E-state index < -0.39 is 11.7 Å². The summed E-state index contributed by atoms with van der Waals surface area (Å²) in [4.78, 5) is 26.9. The molecular formula is C26H37N3O3. The number of rotatable bonds is 9. The number of carbonyl (C=O) groups is 2. The van der Waals surface area contributed by atoms with Crippen LogP contribution in [0, 0.1) is 0 Å². The summed E-state index contributed by atoms with van der Waals surface area (Å²) >= 11 is 0. The Morgan fingerprint density at radius 1 is 0.969 bits per heavy atom. The minimum atomic E-state index is -0.570. The predicted molar refractivity (Wildman–Crippen MR) is 130 cm³/mol. The molecule has 0 aliphatic rings. The third-order valence-electron chi connectivity index (χ3n) is 5.17. The molecule has 6 heteroatoms. The Kier molecular flexibility index (Phi) is 9.27. The van der Waals surface area contributed by atoms with E-state index in [9.17, 15) is 9.59 Å². The van der Waals surface area contributed by atoms with E-state index >= 15 is 0 Å². The van der Waals surface area contributed by atoms with Crippen LogP contribution in [-0.2, 0) is 29.0 Å². The minimum Gasteiger partial charge on any atom is -0.444 e. The average Bonchev–Trinajstić information content (AvgIpc) is 2.71. The van der Waals surface area contributed by atoms with E-state index in [4.69, 9.17) is 4.74 Å². The van der Waals surface area contributed by atoms with Crippen molar-refractivity contribution in [1.29, 1.82) is 0 Å². The third kappa shape index (κ3) is 8.71. The maximum atomic E-state index is 12.5. The van der Waals surface area contributed by atoms with Crippen molar-refractivity contribution in [3.8, 4) is 0 Å². The number of hydrogen-bond donors (Lipinski definition) is 2. The predicted octanol–water partition coefficient (Wildman–Crippen LogP) is 5.12. The molecule has 2 aromatic rings. The van der Waals surface area contributed by atoms with Gasteiger partial charge in [-0.1, -0.05) is 42.5 Å². The van der Waals surface area contributed by atoms with E-state index in [1.54, 1.807) is 0 Å². The summed E-state index contributed by atoms with van der Waals surface area (Å²) < 4.78 is 5.33. The summed E-state index contributed by atoms with van der Waals surface area (Å²) in [5, 5.41) is 5.82. The minimum absolute atomic E-state index is 0.0240. The van der Waals surface area contributed by atoms with Gasteiger partial charge in [0, 0.05) is 31.2 Å². The van der Waals surface area contributed by atoms with Gasteiger partial charge in [0.25, 0.3) is 0 Å². The van der Waals surface area contributed by atoms with Gasteiger partial charge in [0.05, 0.1) is 0 Å². The first-order valence-electron chi connectivity index (χ1n) is 11.2. The number of hydrogen-bond acceptors (Lipinski definition) is 4. The van der Waals surface area contributed by atoms with Crippen LogP contribution >= 0.6 is 0 Å². The maximum Gasteiger partial charge on any atom is 0.412 e. The molecule has 0 bridgehead atoms. The van der Waals surface area contributed by atoms with Crippen LogP contribution in [0.25, 0.3) is 0 Å². The van der Waals surface area contributed by atoms with Crippen LogP contribution in [0.3, 0.4) is 0 Å². The molecule has 0 atom stereocenters. The zero-order chi connectivity index (χ0) is 23.7. The van der Waals surface area contributed by atoms with Gasteiger partial charge in [0.1, 0.15) is 5.60 Å². The second kappa shape index (κ2) is 11.7. The molecule has 0 aliphatic carbocycles. The van der Waals surface area contributed by atoms with Gasteiger partial charge >= 0.3 is 6.09 Å². The Labute approximate surface area is 192 Å². The number of carbonyl (C=O) groups excluding carboxylic acids is 2. The highest BCUT2D eigenvalue weighted by atomic mass is 16.6. The smallest absolute Gasteiger partial charge is 0.412 e. The topological polar surface area (TPSA) is 70.7 Å². The first kappa shape index (κ1) is 25.4. The van der Waals surface area contributed by atoms with E-state index in [-0.39, 0.29) is 5.91 Å². The van der Waals surface area contributed by atoms with E-state index in [0.29, 0.717) is 31.1 Å². The van der Waals surface area contributed by atoms with Gasteiger partial charge < -0.3 is 10.1 Å². The van der Waals surface area contributed by atoms with Crippen molar-refractivity contribution in [2.24, 2.45) is 0 Å². The van der Waals surface area contributed by atoms with Crippen LogP contribution in [0.5, 0.6) is 0 Å². The third-order valence-corrected chi connectivity index (χ3v) is 5.17. The molecule has 2 rings (SSSR count). The molecule has 2 aromatic carbocycles. The lowest BCUT2D eigenvalue weighted by molar-refractivity contribution is -0.121. The van der Waals surface area contributed by atoms with Gasteiger partial charge in [0.15, 0.2) is 0 Å². The fourth-order valence-corrected chi connectivity index (χ4v) is 3.14. The highest BCUT2D eigenvalue weighted by Gasteiger charge is 2.17. The number of nitrogens with zero attached hydrogens (tertiary/aromatic N) is 1. The molecule has 2 N–H and O–H groups in total. The average molecular weight is 440 g/mol. The number of benzene rings is 2. The molecule has 0 unspecified atom stereocenters. The molecule has 0 saturated heterocycles. The summed E-state index contributed by atoms with van der Waals surface area (Å²) in [7, 11) is 2.10. The number of ether oxygens (including phenoxy) is 1. The molecule has 0 aliphatic heterocycles. The van der Waals surface area contributed by atoms with Crippen molar-refractivity contribution in [3.63, 3.8) is 0 Å². The lowest BCUT2D eigenvalue weighted by Crippen LogP contribution is -2.28. The summed E-state index contributed by atoms with van der Waals surface area (Å²) in [6.07, 6.45) is 0.355. The molecule has 174 valence electrons.